The summed E-state index contributed by atoms with van der Waals surface area (Å²) in [5.41, 5.74) is 0. The predicted octanol–water partition coefficient (Wildman–Crippen LogP) is 2.84. The van der Waals surface area contributed by atoms with E-state index in [-0.39, 0.29) is 6.10 Å². The number of rotatable bonds is 5. The average molecular weight is 170 g/mol. The van der Waals surface area contributed by atoms with Crippen LogP contribution in [0.15, 0.2) is 12.5 Å². The van der Waals surface area contributed by atoms with Crippen molar-refractivity contribution in [2.75, 3.05) is 6.61 Å². The summed E-state index contributed by atoms with van der Waals surface area (Å²) in [5.74, 6) is 0.496. The van der Waals surface area contributed by atoms with Crippen LogP contribution < -0.4 is 0 Å². The van der Waals surface area contributed by atoms with Crippen molar-refractivity contribution < 1.29 is 9.47 Å². The van der Waals surface area contributed by atoms with Gasteiger partial charge in [0.25, 0.3) is 5.95 Å². The molecule has 2 heteroatoms. The molecule has 1 aliphatic heterocycles. The van der Waals surface area contributed by atoms with Crippen LogP contribution in [0.25, 0.3) is 0 Å². The zero-order valence-corrected chi connectivity index (χ0v) is 7.84. The highest BCUT2D eigenvalue weighted by atomic mass is 16.7. The molecule has 70 valence electrons. The standard InChI is InChI=1S/C10H18O2/c1-3-4-5-6-7-10-8-11-9(2)12-10/h10H,2-8H2,1H3. The summed E-state index contributed by atoms with van der Waals surface area (Å²) < 4.78 is 10.4. The fourth-order valence-corrected chi connectivity index (χ4v) is 1.38. The van der Waals surface area contributed by atoms with Gasteiger partial charge < -0.3 is 9.47 Å². The van der Waals surface area contributed by atoms with Gasteiger partial charge in [0.05, 0.1) is 0 Å². The van der Waals surface area contributed by atoms with Crippen molar-refractivity contribution in [2.45, 2.75) is 45.1 Å². The molecule has 0 radical (unpaired) electrons. The largest absolute Gasteiger partial charge is 0.462 e. The molecule has 1 heterocycles. The van der Waals surface area contributed by atoms with Crippen LogP contribution in [0, 0.1) is 0 Å². The first-order chi connectivity index (χ1) is 5.83. The fraction of sp³-hybridized carbons (Fsp3) is 0.800. The highest BCUT2D eigenvalue weighted by Crippen LogP contribution is 2.18. The smallest absolute Gasteiger partial charge is 0.272 e. The van der Waals surface area contributed by atoms with Crippen molar-refractivity contribution in [2.24, 2.45) is 0 Å². The second kappa shape index (κ2) is 5.07. The molecule has 0 spiro atoms. The number of unbranched alkanes of at least 4 members (excludes halogenated alkanes) is 3. The molecule has 1 unspecified atom stereocenters. The minimum atomic E-state index is 0.273. The van der Waals surface area contributed by atoms with Crippen LogP contribution in [-0.4, -0.2) is 12.7 Å². The molecule has 0 N–H and O–H groups in total. The molecule has 1 rings (SSSR count). The lowest BCUT2D eigenvalue weighted by atomic mass is 10.1. The molecule has 1 atom stereocenters. The van der Waals surface area contributed by atoms with E-state index in [1.54, 1.807) is 0 Å². The first-order valence-corrected chi connectivity index (χ1v) is 4.81. The number of hydrogen-bond donors (Lipinski definition) is 0. The van der Waals surface area contributed by atoms with Crippen molar-refractivity contribution in [3.8, 4) is 0 Å². The Morgan fingerprint density at radius 3 is 2.83 bits per heavy atom. The Morgan fingerprint density at radius 1 is 1.42 bits per heavy atom. The van der Waals surface area contributed by atoms with Crippen LogP contribution in [0.3, 0.4) is 0 Å². The van der Waals surface area contributed by atoms with Gasteiger partial charge in [-0.25, -0.2) is 0 Å². The molecule has 1 aliphatic rings. The van der Waals surface area contributed by atoms with E-state index >= 15 is 0 Å². The monoisotopic (exact) mass is 170 g/mol. The lowest BCUT2D eigenvalue weighted by Gasteiger charge is -2.05. The molecular weight excluding hydrogens is 152 g/mol. The summed E-state index contributed by atoms with van der Waals surface area (Å²) >= 11 is 0. The summed E-state index contributed by atoms with van der Waals surface area (Å²) in [4.78, 5) is 0. The molecule has 0 saturated carbocycles. The van der Waals surface area contributed by atoms with Crippen molar-refractivity contribution in [1.82, 2.24) is 0 Å². The topological polar surface area (TPSA) is 18.5 Å². The normalized spacial score (nSPS) is 22.1. The maximum Gasteiger partial charge on any atom is 0.272 e. The second-order valence-electron chi connectivity index (χ2n) is 3.27. The summed E-state index contributed by atoms with van der Waals surface area (Å²) in [6, 6.07) is 0. The molecule has 1 saturated heterocycles. The first kappa shape index (κ1) is 9.43. The van der Waals surface area contributed by atoms with Crippen LogP contribution in [0.1, 0.15) is 39.0 Å². The molecule has 0 bridgehead atoms. The van der Waals surface area contributed by atoms with Gasteiger partial charge in [-0.3, -0.25) is 0 Å². The SMILES string of the molecule is C=C1OCC(CCCCCC)O1. The summed E-state index contributed by atoms with van der Waals surface area (Å²) in [6.07, 6.45) is 6.55. The Kier molecular flexibility index (Phi) is 3.98. The van der Waals surface area contributed by atoms with E-state index in [1.165, 1.54) is 25.7 Å². The first-order valence-electron chi connectivity index (χ1n) is 4.81. The predicted molar refractivity (Wildman–Crippen MR) is 48.7 cm³/mol. The van der Waals surface area contributed by atoms with Crippen LogP contribution in [-0.2, 0) is 9.47 Å². The van der Waals surface area contributed by atoms with Gasteiger partial charge >= 0.3 is 0 Å². The van der Waals surface area contributed by atoms with Crippen LogP contribution in [0.4, 0.5) is 0 Å². The highest BCUT2D eigenvalue weighted by molar-refractivity contribution is 4.79. The molecular formula is C10H18O2. The van der Waals surface area contributed by atoms with Crippen LogP contribution >= 0.6 is 0 Å². The van der Waals surface area contributed by atoms with Crippen molar-refractivity contribution in [3.63, 3.8) is 0 Å². The number of hydrogen-bond acceptors (Lipinski definition) is 2. The Labute approximate surface area is 74.6 Å². The van der Waals surface area contributed by atoms with Gasteiger partial charge in [-0.05, 0) is 19.4 Å². The summed E-state index contributed by atoms with van der Waals surface area (Å²) in [6.45, 7) is 6.52. The van der Waals surface area contributed by atoms with Gasteiger partial charge in [-0.2, -0.15) is 0 Å². The van der Waals surface area contributed by atoms with E-state index in [2.05, 4.69) is 13.5 Å². The summed E-state index contributed by atoms with van der Waals surface area (Å²) in [7, 11) is 0. The summed E-state index contributed by atoms with van der Waals surface area (Å²) in [5, 5.41) is 0. The van der Waals surface area contributed by atoms with Gasteiger partial charge in [0.2, 0.25) is 0 Å². The molecule has 0 aromatic carbocycles. The van der Waals surface area contributed by atoms with Gasteiger partial charge in [0.1, 0.15) is 12.7 Å². The van der Waals surface area contributed by atoms with E-state index in [4.69, 9.17) is 9.47 Å². The average Bonchev–Trinajstić information content (AvgIpc) is 2.45. The van der Waals surface area contributed by atoms with E-state index in [9.17, 15) is 0 Å². The second-order valence-corrected chi connectivity index (χ2v) is 3.27. The third kappa shape index (κ3) is 3.16. The molecule has 12 heavy (non-hydrogen) atoms. The maximum absolute atomic E-state index is 5.32. The Bertz CT molecular complexity index is 143. The van der Waals surface area contributed by atoms with Crippen molar-refractivity contribution in [1.29, 1.82) is 0 Å². The van der Waals surface area contributed by atoms with Gasteiger partial charge in [-0.1, -0.05) is 26.2 Å². The van der Waals surface area contributed by atoms with Gasteiger partial charge in [-0.15, -0.1) is 0 Å². The molecule has 0 aliphatic carbocycles. The Morgan fingerprint density at radius 2 is 2.25 bits per heavy atom. The third-order valence-electron chi connectivity index (χ3n) is 2.11. The lowest BCUT2D eigenvalue weighted by Crippen LogP contribution is -2.08. The minimum absolute atomic E-state index is 0.273. The fourth-order valence-electron chi connectivity index (χ4n) is 1.38. The van der Waals surface area contributed by atoms with Crippen LogP contribution in [0.2, 0.25) is 0 Å². The van der Waals surface area contributed by atoms with Gasteiger partial charge in [0.15, 0.2) is 0 Å². The van der Waals surface area contributed by atoms with E-state index < -0.39 is 0 Å². The van der Waals surface area contributed by atoms with E-state index in [0.29, 0.717) is 12.6 Å². The Balaban J connectivity index is 1.97. The van der Waals surface area contributed by atoms with E-state index in [1.807, 2.05) is 0 Å². The zero-order chi connectivity index (χ0) is 8.81. The molecule has 1 fully saturated rings. The third-order valence-corrected chi connectivity index (χ3v) is 2.11. The lowest BCUT2D eigenvalue weighted by molar-refractivity contribution is 0.137. The molecule has 2 nitrogen and oxygen atoms in total. The van der Waals surface area contributed by atoms with Crippen molar-refractivity contribution >= 4 is 0 Å². The zero-order valence-electron chi connectivity index (χ0n) is 7.84. The highest BCUT2D eigenvalue weighted by Gasteiger charge is 2.19. The van der Waals surface area contributed by atoms with E-state index in [0.717, 1.165) is 6.42 Å². The molecule has 0 aromatic heterocycles. The minimum Gasteiger partial charge on any atom is -0.462 e. The van der Waals surface area contributed by atoms with Crippen LogP contribution in [0.5, 0.6) is 0 Å². The quantitative estimate of drug-likeness (QED) is 0.591. The van der Waals surface area contributed by atoms with Gasteiger partial charge in [0, 0.05) is 0 Å². The molecule has 0 aromatic rings. The molecule has 0 amide bonds. The van der Waals surface area contributed by atoms with Crippen molar-refractivity contribution in [3.05, 3.63) is 12.5 Å². The maximum atomic E-state index is 5.32. The number of ether oxygens (including phenoxy) is 2. The Hall–Kier alpha value is -0.660.